The van der Waals surface area contributed by atoms with Crippen LogP contribution in [0.2, 0.25) is 5.02 Å². The van der Waals surface area contributed by atoms with E-state index in [4.69, 9.17) is 11.6 Å². The number of halogens is 2. The zero-order valence-corrected chi connectivity index (χ0v) is 11.1. The molecule has 0 aliphatic heterocycles. The summed E-state index contributed by atoms with van der Waals surface area (Å²) in [6.07, 6.45) is 2.87. The molecule has 0 aliphatic rings. The van der Waals surface area contributed by atoms with Crippen LogP contribution in [-0.2, 0) is 20.0 Å². The highest BCUT2D eigenvalue weighted by Gasteiger charge is 2.06. The Labute approximate surface area is 111 Å². The van der Waals surface area contributed by atoms with Crippen LogP contribution in [0.5, 0.6) is 0 Å². The molecular weight excluding hydrogens is 253 g/mol. The fourth-order valence-electron chi connectivity index (χ4n) is 1.83. The van der Waals surface area contributed by atoms with Crippen molar-refractivity contribution in [1.29, 1.82) is 0 Å². The number of rotatable bonds is 4. The lowest BCUT2D eigenvalue weighted by Crippen LogP contribution is -2.01. The summed E-state index contributed by atoms with van der Waals surface area (Å²) >= 11 is 5.73. The lowest BCUT2D eigenvalue weighted by Gasteiger charge is -2.06. The van der Waals surface area contributed by atoms with Gasteiger partial charge in [0.15, 0.2) is 0 Å². The zero-order chi connectivity index (χ0) is 13.1. The van der Waals surface area contributed by atoms with E-state index < -0.39 is 5.82 Å². The van der Waals surface area contributed by atoms with Gasteiger partial charge in [-0.25, -0.2) is 4.39 Å². The van der Waals surface area contributed by atoms with Crippen LogP contribution in [-0.4, -0.2) is 9.78 Å². The lowest BCUT2D eigenvalue weighted by atomic mass is 10.2. The number of aromatic nitrogens is 2. The van der Waals surface area contributed by atoms with Crippen LogP contribution in [0.15, 0.2) is 24.4 Å². The molecule has 96 valence electrons. The molecule has 1 aromatic carbocycles. The maximum absolute atomic E-state index is 13.0. The first-order chi connectivity index (χ1) is 8.60. The van der Waals surface area contributed by atoms with E-state index in [0.29, 0.717) is 6.54 Å². The second kappa shape index (κ2) is 5.40. The number of nitrogens with one attached hydrogen (secondary N) is 1. The van der Waals surface area contributed by atoms with Crippen molar-refractivity contribution in [3.8, 4) is 0 Å². The van der Waals surface area contributed by atoms with Gasteiger partial charge in [0.1, 0.15) is 5.82 Å². The van der Waals surface area contributed by atoms with E-state index >= 15 is 0 Å². The van der Waals surface area contributed by atoms with Gasteiger partial charge in [0.2, 0.25) is 0 Å². The van der Waals surface area contributed by atoms with Crippen LogP contribution in [0.1, 0.15) is 18.2 Å². The third-order valence-corrected chi connectivity index (χ3v) is 3.02. The first-order valence-electron chi connectivity index (χ1n) is 5.80. The molecule has 0 unspecified atom stereocenters. The van der Waals surface area contributed by atoms with Crippen molar-refractivity contribution in [2.24, 2.45) is 7.05 Å². The predicted octanol–water partition coefficient (Wildman–Crippen LogP) is 3.39. The predicted molar refractivity (Wildman–Crippen MR) is 71.3 cm³/mol. The van der Waals surface area contributed by atoms with Gasteiger partial charge in [-0.3, -0.25) is 4.68 Å². The van der Waals surface area contributed by atoms with Crippen LogP contribution in [0, 0.1) is 5.82 Å². The maximum atomic E-state index is 13.0. The average molecular weight is 268 g/mol. The first kappa shape index (κ1) is 12.9. The molecule has 2 rings (SSSR count). The van der Waals surface area contributed by atoms with E-state index in [1.807, 2.05) is 13.2 Å². The molecule has 0 saturated heterocycles. The van der Waals surface area contributed by atoms with Crippen LogP contribution < -0.4 is 5.32 Å². The van der Waals surface area contributed by atoms with Gasteiger partial charge >= 0.3 is 0 Å². The summed E-state index contributed by atoms with van der Waals surface area (Å²) in [6.45, 7) is 2.72. The normalized spacial score (nSPS) is 10.7. The molecule has 0 saturated carbocycles. The maximum Gasteiger partial charge on any atom is 0.141 e. The highest BCUT2D eigenvalue weighted by Crippen LogP contribution is 2.20. The number of benzene rings is 1. The molecule has 0 radical (unpaired) electrons. The molecule has 0 amide bonds. The van der Waals surface area contributed by atoms with E-state index in [1.54, 1.807) is 16.8 Å². The number of hydrogen-bond donors (Lipinski definition) is 1. The standard InChI is InChI=1S/C13H15ClFN3/c1-3-13-9(8-18(2)17-13)7-16-10-4-5-12(15)11(14)6-10/h4-6,8,16H,3,7H2,1-2H3. The monoisotopic (exact) mass is 267 g/mol. The fraction of sp³-hybridized carbons (Fsp3) is 0.308. The Morgan fingerprint density at radius 3 is 2.89 bits per heavy atom. The molecule has 0 spiro atoms. The smallest absolute Gasteiger partial charge is 0.141 e. The Bertz CT molecular complexity index is 551. The molecule has 1 N–H and O–H groups in total. The van der Waals surface area contributed by atoms with E-state index in [1.165, 1.54) is 6.07 Å². The van der Waals surface area contributed by atoms with Gasteiger partial charge in [-0.1, -0.05) is 18.5 Å². The largest absolute Gasteiger partial charge is 0.381 e. The van der Waals surface area contributed by atoms with Gasteiger partial charge < -0.3 is 5.32 Å². The molecule has 2 aromatic rings. The minimum atomic E-state index is -0.405. The van der Waals surface area contributed by atoms with Gasteiger partial charge in [-0.2, -0.15) is 5.10 Å². The molecule has 1 aromatic heterocycles. The Morgan fingerprint density at radius 1 is 1.44 bits per heavy atom. The second-order valence-electron chi connectivity index (χ2n) is 4.11. The third kappa shape index (κ3) is 2.82. The van der Waals surface area contributed by atoms with Gasteiger partial charge in [-0.05, 0) is 24.6 Å². The van der Waals surface area contributed by atoms with Gasteiger partial charge in [0, 0.05) is 31.0 Å². The Morgan fingerprint density at radius 2 is 2.22 bits per heavy atom. The van der Waals surface area contributed by atoms with Gasteiger partial charge in [0.25, 0.3) is 0 Å². The fourth-order valence-corrected chi connectivity index (χ4v) is 2.01. The van der Waals surface area contributed by atoms with E-state index in [2.05, 4.69) is 17.3 Å². The van der Waals surface area contributed by atoms with Crippen LogP contribution in [0.25, 0.3) is 0 Å². The summed E-state index contributed by atoms with van der Waals surface area (Å²) in [6, 6.07) is 4.61. The van der Waals surface area contributed by atoms with E-state index in [-0.39, 0.29) is 5.02 Å². The van der Waals surface area contributed by atoms with Crippen molar-refractivity contribution in [3.63, 3.8) is 0 Å². The molecule has 0 aliphatic carbocycles. The summed E-state index contributed by atoms with van der Waals surface area (Å²) in [4.78, 5) is 0. The molecule has 0 atom stereocenters. The quantitative estimate of drug-likeness (QED) is 0.920. The molecule has 18 heavy (non-hydrogen) atoms. The summed E-state index contributed by atoms with van der Waals surface area (Å²) < 4.78 is 14.8. The summed E-state index contributed by atoms with van der Waals surface area (Å²) in [5.74, 6) is -0.405. The molecule has 3 nitrogen and oxygen atoms in total. The van der Waals surface area contributed by atoms with Crippen molar-refractivity contribution in [2.75, 3.05) is 5.32 Å². The van der Waals surface area contributed by atoms with Gasteiger partial charge in [-0.15, -0.1) is 0 Å². The van der Waals surface area contributed by atoms with Gasteiger partial charge in [0.05, 0.1) is 10.7 Å². The van der Waals surface area contributed by atoms with Crippen molar-refractivity contribution in [3.05, 3.63) is 46.5 Å². The van der Waals surface area contributed by atoms with Crippen LogP contribution in [0.3, 0.4) is 0 Å². The SMILES string of the molecule is CCc1nn(C)cc1CNc1ccc(F)c(Cl)c1. The Balaban J connectivity index is 2.08. The van der Waals surface area contributed by atoms with Crippen molar-refractivity contribution in [2.45, 2.75) is 19.9 Å². The third-order valence-electron chi connectivity index (χ3n) is 2.73. The molecule has 1 heterocycles. The van der Waals surface area contributed by atoms with Crippen molar-refractivity contribution < 1.29 is 4.39 Å². The molecule has 0 bridgehead atoms. The van der Waals surface area contributed by atoms with Crippen LogP contribution >= 0.6 is 11.6 Å². The highest BCUT2D eigenvalue weighted by atomic mass is 35.5. The zero-order valence-electron chi connectivity index (χ0n) is 10.4. The summed E-state index contributed by atoms with van der Waals surface area (Å²) in [7, 11) is 1.90. The summed E-state index contributed by atoms with van der Waals surface area (Å²) in [5.41, 5.74) is 3.01. The number of hydrogen-bond acceptors (Lipinski definition) is 2. The van der Waals surface area contributed by atoms with E-state index in [0.717, 1.165) is 23.4 Å². The molecular formula is C13H15ClFN3. The van der Waals surface area contributed by atoms with E-state index in [9.17, 15) is 4.39 Å². The molecule has 5 heteroatoms. The summed E-state index contributed by atoms with van der Waals surface area (Å²) in [5, 5.41) is 7.70. The van der Waals surface area contributed by atoms with Crippen molar-refractivity contribution >= 4 is 17.3 Å². The first-order valence-corrected chi connectivity index (χ1v) is 6.18. The minimum Gasteiger partial charge on any atom is -0.381 e. The number of nitrogens with zero attached hydrogens (tertiary/aromatic N) is 2. The molecule has 0 fully saturated rings. The second-order valence-corrected chi connectivity index (χ2v) is 4.52. The number of anilines is 1. The Kier molecular flexibility index (Phi) is 3.87. The topological polar surface area (TPSA) is 29.9 Å². The average Bonchev–Trinajstić information content (AvgIpc) is 2.71. The van der Waals surface area contributed by atoms with Crippen LogP contribution in [0.4, 0.5) is 10.1 Å². The number of aryl methyl sites for hydroxylation is 2. The lowest BCUT2D eigenvalue weighted by molar-refractivity contribution is 0.628. The highest BCUT2D eigenvalue weighted by molar-refractivity contribution is 6.31. The van der Waals surface area contributed by atoms with Crippen molar-refractivity contribution in [1.82, 2.24) is 9.78 Å². The Hall–Kier alpha value is -1.55. The minimum absolute atomic E-state index is 0.127.